The maximum atomic E-state index is 9.53. The molecule has 1 aromatic heterocycles. The summed E-state index contributed by atoms with van der Waals surface area (Å²) in [7, 11) is 1.62. The van der Waals surface area contributed by atoms with Crippen LogP contribution in [0.5, 0.6) is 11.5 Å². The summed E-state index contributed by atoms with van der Waals surface area (Å²) in [5.41, 5.74) is 4.56. The molecule has 0 aliphatic rings. The number of hydrogen-bond acceptors (Lipinski definition) is 4. The zero-order chi connectivity index (χ0) is 17.1. The number of aromatic nitrogens is 1. The molecule has 4 nitrogen and oxygen atoms in total. The van der Waals surface area contributed by atoms with Crippen LogP contribution in [0.3, 0.4) is 0 Å². The number of benzene rings is 2. The number of phenolic OH excluding ortho intramolecular Hbond substituents is 1. The number of aromatic hydroxyl groups is 1. The Morgan fingerprint density at radius 2 is 1.79 bits per heavy atom. The molecule has 0 aliphatic carbocycles. The predicted molar refractivity (Wildman–Crippen MR) is 92.8 cm³/mol. The number of phenols is 1. The van der Waals surface area contributed by atoms with E-state index in [1.54, 1.807) is 31.4 Å². The lowest BCUT2D eigenvalue weighted by Crippen LogP contribution is -1.96. The molecule has 118 valence electrons. The smallest absolute Gasteiger partial charge is 0.119 e. The van der Waals surface area contributed by atoms with Crippen LogP contribution in [0.2, 0.25) is 0 Å². The Morgan fingerprint density at radius 3 is 2.46 bits per heavy atom. The second-order valence-corrected chi connectivity index (χ2v) is 5.41. The SMILES string of the molecule is COc1cccc(-c2cc(-c3ccc(O)cc3)nc(C)c2C#N)c1. The van der Waals surface area contributed by atoms with Gasteiger partial charge in [0, 0.05) is 11.1 Å². The van der Waals surface area contributed by atoms with Crippen LogP contribution in [0.1, 0.15) is 11.3 Å². The van der Waals surface area contributed by atoms with Crippen LogP contribution < -0.4 is 4.74 Å². The fraction of sp³-hybridized carbons (Fsp3) is 0.100. The average molecular weight is 316 g/mol. The van der Waals surface area contributed by atoms with Gasteiger partial charge in [-0.25, -0.2) is 0 Å². The van der Waals surface area contributed by atoms with Gasteiger partial charge in [-0.1, -0.05) is 12.1 Å². The van der Waals surface area contributed by atoms with Crippen molar-refractivity contribution in [3.05, 3.63) is 65.9 Å². The van der Waals surface area contributed by atoms with Crippen molar-refractivity contribution in [3.63, 3.8) is 0 Å². The zero-order valence-electron chi connectivity index (χ0n) is 13.4. The number of methoxy groups -OCH3 is 1. The topological polar surface area (TPSA) is 66.1 Å². The summed E-state index contributed by atoms with van der Waals surface area (Å²) in [6, 6.07) is 18.6. The van der Waals surface area contributed by atoms with Crippen molar-refractivity contribution in [1.29, 1.82) is 5.26 Å². The average Bonchev–Trinajstić information content (AvgIpc) is 2.61. The molecule has 0 aliphatic heterocycles. The van der Waals surface area contributed by atoms with Crippen molar-refractivity contribution in [1.82, 2.24) is 4.98 Å². The molecule has 0 amide bonds. The maximum Gasteiger partial charge on any atom is 0.119 e. The molecule has 3 rings (SSSR count). The van der Waals surface area contributed by atoms with E-state index in [-0.39, 0.29) is 5.75 Å². The van der Waals surface area contributed by atoms with E-state index in [4.69, 9.17) is 4.74 Å². The Hall–Kier alpha value is -3.32. The van der Waals surface area contributed by atoms with E-state index in [1.165, 1.54) is 0 Å². The first-order valence-electron chi connectivity index (χ1n) is 7.48. The van der Waals surface area contributed by atoms with E-state index >= 15 is 0 Å². The minimum Gasteiger partial charge on any atom is -0.508 e. The highest BCUT2D eigenvalue weighted by molar-refractivity contribution is 5.77. The van der Waals surface area contributed by atoms with Crippen LogP contribution in [-0.2, 0) is 0 Å². The molecule has 3 aromatic rings. The maximum absolute atomic E-state index is 9.53. The molecule has 0 bridgehead atoms. The molecular formula is C20H16N2O2. The molecule has 24 heavy (non-hydrogen) atoms. The van der Waals surface area contributed by atoms with Crippen LogP contribution in [0.15, 0.2) is 54.6 Å². The monoisotopic (exact) mass is 316 g/mol. The normalized spacial score (nSPS) is 10.2. The lowest BCUT2D eigenvalue weighted by atomic mass is 9.97. The van der Waals surface area contributed by atoms with Gasteiger partial charge in [-0.3, -0.25) is 4.98 Å². The molecule has 1 N–H and O–H groups in total. The molecule has 2 aromatic carbocycles. The highest BCUT2D eigenvalue weighted by Gasteiger charge is 2.13. The Labute approximate surface area is 140 Å². The van der Waals surface area contributed by atoms with Gasteiger partial charge in [0.05, 0.1) is 24.1 Å². The lowest BCUT2D eigenvalue weighted by Gasteiger charge is -2.11. The quantitative estimate of drug-likeness (QED) is 0.782. The zero-order valence-corrected chi connectivity index (χ0v) is 13.4. The summed E-state index contributed by atoms with van der Waals surface area (Å²) in [6.45, 7) is 1.83. The number of ether oxygens (including phenoxy) is 1. The molecule has 0 saturated heterocycles. The highest BCUT2D eigenvalue weighted by atomic mass is 16.5. The van der Waals surface area contributed by atoms with Crippen LogP contribution in [0.25, 0.3) is 22.4 Å². The van der Waals surface area contributed by atoms with Crippen LogP contribution in [0, 0.1) is 18.3 Å². The molecule has 0 atom stereocenters. The first kappa shape index (κ1) is 15.6. The van der Waals surface area contributed by atoms with Crippen molar-refractivity contribution in [2.75, 3.05) is 7.11 Å². The van der Waals surface area contributed by atoms with Gasteiger partial charge < -0.3 is 9.84 Å². The third kappa shape index (κ3) is 2.92. The molecule has 0 radical (unpaired) electrons. The second kappa shape index (κ2) is 6.43. The molecule has 0 spiro atoms. The molecule has 0 saturated carbocycles. The first-order chi connectivity index (χ1) is 11.6. The fourth-order valence-electron chi connectivity index (χ4n) is 2.61. The fourth-order valence-corrected chi connectivity index (χ4v) is 2.61. The van der Waals surface area contributed by atoms with E-state index in [1.807, 2.05) is 37.3 Å². The van der Waals surface area contributed by atoms with Crippen LogP contribution >= 0.6 is 0 Å². The summed E-state index contributed by atoms with van der Waals surface area (Å²) in [6.07, 6.45) is 0. The molecule has 0 fully saturated rings. The van der Waals surface area contributed by atoms with E-state index < -0.39 is 0 Å². The molecule has 1 heterocycles. The van der Waals surface area contributed by atoms with Crippen LogP contribution in [-0.4, -0.2) is 17.2 Å². The van der Waals surface area contributed by atoms with Gasteiger partial charge in [0.25, 0.3) is 0 Å². The van der Waals surface area contributed by atoms with E-state index in [9.17, 15) is 10.4 Å². The minimum atomic E-state index is 0.206. The van der Waals surface area contributed by atoms with Gasteiger partial charge in [0.2, 0.25) is 0 Å². The van der Waals surface area contributed by atoms with Crippen molar-refractivity contribution in [2.45, 2.75) is 6.92 Å². The number of nitrogens with zero attached hydrogens (tertiary/aromatic N) is 2. The number of hydrogen-bond donors (Lipinski definition) is 1. The van der Waals surface area contributed by atoms with Crippen molar-refractivity contribution in [3.8, 4) is 40.0 Å². The molecule has 0 unspecified atom stereocenters. The van der Waals surface area contributed by atoms with Crippen LogP contribution in [0.4, 0.5) is 0 Å². The van der Waals surface area contributed by atoms with Gasteiger partial charge in [-0.15, -0.1) is 0 Å². The van der Waals surface area contributed by atoms with E-state index in [0.717, 1.165) is 28.1 Å². The molecule has 4 heteroatoms. The lowest BCUT2D eigenvalue weighted by molar-refractivity contribution is 0.415. The standard InChI is InChI=1S/C20H16N2O2/c1-13-19(12-21)18(15-4-3-5-17(10-15)24-2)11-20(22-13)14-6-8-16(23)9-7-14/h3-11,23H,1-2H3. The first-order valence-corrected chi connectivity index (χ1v) is 7.48. The van der Waals surface area contributed by atoms with Gasteiger partial charge in [-0.2, -0.15) is 5.26 Å². The molecular weight excluding hydrogens is 300 g/mol. The Bertz CT molecular complexity index is 925. The summed E-state index contributed by atoms with van der Waals surface area (Å²) >= 11 is 0. The Balaban J connectivity index is 2.20. The van der Waals surface area contributed by atoms with Crippen molar-refractivity contribution >= 4 is 0 Å². The highest BCUT2D eigenvalue weighted by Crippen LogP contribution is 2.32. The van der Waals surface area contributed by atoms with Crippen molar-refractivity contribution in [2.24, 2.45) is 0 Å². The summed E-state index contributed by atoms with van der Waals surface area (Å²) in [4.78, 5) is 4.54. The second-order valence-electron chi connectivity index (χ2n) is 5.41. The van der Waals surface area contributed by atoms with Gasteiger partial charge in [-0.05, 0) is 55.0 Å². The number of aryl methyl sites for hydroxylation is 1. The predicted octanol–water partition coefficient (Wildman–Crippen LogP) is 4.31. The largest absolute Gasteiger partial charge is 0.508 e. The third-order valence-corrected chi connectivity index (χ3v) is 3.86. The Kier molecular flexibility index (Phi) is 4.17. The van der Waals surface area contributed by atoms with Gasteiger partial charge in [0.15, 0.2) is 0 Å². The van der Waals surface area contributed by atoms with Gasteiger partial charge >= 0.3 is 0 Å². The van der Waals surface area contributed by atoms with E-state index in [2.05, 4.69) is 11.1 Å². The Morgan fingerprint density at radius 1 is 1.04 bits per heavy atom. The number of nitriles is 1. The van der Waals surface area contributed by atoms with E-state index in [0.29, 0.717) is 11.3 Å². The van der Waals surface area contributed by atoms with Gasteiger partial charge in [0.1, 0.15) is 17.6 Å². The summed E-state index contributed by atoms with van der Waals surface area (Å²) in [5, 5.41) is 19.0. The summed E-state index contributed by atoms with van der Waals surface area (Å²) in [5.74, 6) is 0.939. The van der Waals surface area contributed by atoms with Crippen molar-refractivity contribution < 1.29 is 9.84 Å². The number of pyridine rings is 1. The third-order valence-electron chi connectivity index (χ3n) is 3.86. The minimum absolute atomic E-state index is 0.206. The number of rotatable bonds is 3. The summed E-state index contributed by atoms with van der Waals surface area (Å²) < 4.78 is 5.28.